The van der Waals surface area contributed by atoms with Crippen molar-refractivity contribution in [3.05, 3.63) is 54.6 Å². The first kappa shape index (κ1) is 17.2. The maximum Gasteiger partial charge on any atom is 0.235 e. The van der Waals surface area contributed by atoms with Crippen LogP contribution in [0.2, 0.25) is 0 Å². The van der Waals surface area contributed by atoms with E-state index in [4.69, 9.17) is 0 Å². The van der Waals surface area contributed by atoms with Crippen molar-refractivity contribution in [2.24, 2.45) is 7.05 Å². The van der Waals surface area contributed by atoms with Crippen molar-refractivity contribution < 1.29 is 4.79 Å². The van der Waals surface area contributed by atoms with Gasteiger partial charge in [0.05, 0.1) is 17.1 Å². The Hall–Kier alpha value is -2.61. The van der Waals surface area contributed by atoms with Crippen LogP contribution in [0.1, 0.15) is 12.5 Å². The molecule has 1 aromatic carbocycles. The molecule has 1 unspecified atom stereocenters. The highest BCUT2D eigenvalue weighted by molar-refractivity contribution is 8.00. The zero-order chi connectivity index (χ0) is 17.8. The Labute approximate surface area is 150 Å². The molecule has 0 N–H and O–H groups in total. The normalized spacial score (nSPS) is 12.1. The molecule has 3 rings (SSSR count). The average Bonchev–Trinajstić information content (AvgIpc) is 3.24. The minimum absolute atomic E-state index is 0.0421. The first-order valence-electron chi connectivity index (χ1n) is 7.89. The largest absolute Gasteiger partial charge is 0.340 e. The number of carbonyl (C=O) groups is 1. The summed E-state index contributed by atoms with van der Waals surface area (Å²) in [5.74, 6) is 0.0421. The molecule has 1 amide bonds. The van der Waals surface area contributed by atoms with Gasteiger partial charge in [0.15, 0.2) is 5.16 Å². The van der Waals surface area contributed by atoms with E-state index in [-0.39, 0.29) is 11.2 Å². The van der Waals surface area contributed by atoms with Crippen molar-refractivity contribution in [1.82, 2.24) is 29.4 Å². The van der Waals surface area contributed by atoms with Crippen molar-refractivity contribution in [2.45, 2.75) is 23.9 Å². The monoisotopic (exact) mass is 356 g/mol. The van der Waals surface area contributed by atoms with E-state index >= 15 is 0 Å². The highest BCUT2D eigenvalue weighted by atomic mass is 32.2. The van der Waals surface area contributed by atoms with E-state index in [0.717, 1.165) is 16.4 Å². The molecule has 0 bridgehead atoms. The van der Waals surface area contributed by atoms with Gasteiger partial charge in [-0.2, -0.15) is 5.10 Å². The van der Waals surface area contributed by atoms with Gasteiger partial charge in [-0.3, -0.25) is 4.79 Å². The van der Waals surface area contributed by atoms with Gasteiger partial charge in [-0.1, -0.05) is 30.0 Å². The van der Waals surface area contributed by atoms with Crippen LogP contribution in [0.15, 0.2) is 54.2 Å². The summed E-state index contributed by atoms with van der Waals surface area (Å²) in [5, 5.41) is 12.7. The highest BCUT2D eigenvalue weighted by Crippen LogP contribution is 2.22. The van der Waals surface area contributed by atoms with Crippen LogP contribution in [0.5, 0.6) is 0 Å². The van der Waals surface area contributed by atoms with E-state index in [1.165, 1.54) is 11.8 Å². The topological polar surface area (TPSA) is 68.8 Å². The number of carbonyl (C=O) groups excluding carboxylic acids is 1. The fraction of sp³-hybridized carbons (Fsp3) is 0.294. The van der Waals surface area contributed by atoms with Crippen LogP contribution >= 0.6 is 11.8 Å². The van der Waals surface area contributed by atoms with E-state index in [9.17, 15) is 4.79 Å². The van der Waals surface area contributed by atoms with Crippen LogP contribution < -0.4 is 0 Å². The first-order valence-corrected chi connectivity index (χ1v) is 8.77. The summed E-state index contributed by atoms with van der Waals surface area (Å²) < 4.78 is 3.61. The van der Waals surface area contributed by atoms with Crippen molar-refractivity contribution >= 4 is 17.7 Å². The molecule has 130 valence electrons. The predicted molar refractivity (Wildman–Crippen MR) is 96.4 cm³/mol. The van der Waals surface area contributed by atoms with Gasteiger partial charge in [0.2, 0.25) is 5.91 Å². The van der Waals surface area contributed by atoms with Crippen LogP contribution in [0, 0.1) is 0 Å². The molecule has 7 nitrogen and oxygen atoms in total. The number of aryl methyl sites for hydroxylation is 1. The first-order chi connectivity index (χ1) is 12.0. The maximum atomic E-state index is 12.6. The fourth-order valence-corrected chi connectivity index (χ4v) is 3.32. The van der Waals surface area contributed by atoms with Gasteiger partial charge in [-0.25, -0.2) is 4.68 Å². The van der Waals surface area contributed by atoms with Crippen LogP contribution in [-0.2, 0) is 18.4 Å². The van der Waals surface area contributed by atoms with Crippen LogP contribution in [0.4, 0.5) is 0 Å². The minimum atomic E-state index is -0.239. The SMILES string of the molecule is CC(Sc1nncn1C)C(=O)N(C)Cc1cnn(-c2ccccc2)c1. The summed E-state index contributed by atoms with van der Waals surface area (Å²) in [6, 6.07) is 9.89. The maximum absolute atomic E-state index is 12.6. The van der Waals surface area contributed by atoms with Crippen LogP contribution in [0.25, 0.3) is 5.69 Å². The highest BCUT2D eigenvalue weighted by Gasteiger charge is 2.21. The number of thioether (sulfide) groups is 1. The van der Waals surface area contributed by atoms with Gasteiger partial charge >= 0.3 is 0 Å². The number of hydrogen-bond acceptors (Lipinski definition) is 5. The summed E-state index contributed by atoms with van der Waals surface area (Å²) in [6.07, 6.45) is 5.36. The molecule has 25 heavy (non-hydrogen) atoms. The summed E-state index contributed by atoms with van der Waals surface area (Å²) in [6.45, 7) is 2.39. The number of hydrogen-bond donors (Lipinski definition) is 0. The lowest BCUT2D eigenvalue weighted by molar-refractivity contribution is -0.129. The smallest absolute Gasteiger partial charge is 0.235 e. The zero-order valence-corrected chi connectivity index (χ0v) is 15.2. The average molecular weight is 356 g/mol. The van der Waals surface area contributed by atoms with E-state index in [0.29, 0.717) is 6.54 Å². The lowest BCUT2D eigenvalue weighted by Gasteiger charge is -2.20. The number of rotatable bonds is 6. The summed E-state index contributed by atoms with van der Waals surface area (Å²) in [5.41, 5.74) is 1.98. The summed E-state index contributed by atoms with van der Waals surface area (Å²) in [4.78, 5) is 14.3. The molecule has 0 aliphatic heterocycles. The fourth-order valence-electron chi connectivity index (χ4n) is 2.41. The molecule has 0 aliphatic rings. The standard InChI is InChI=1S/C17H20N6OS/c1-13(25-17-20-18-12-22(17)3)16(24)21(2)10-14-9-19-23(11-14)15-7-5-4-6-8-15/h4-9,11-13H,10H2,1-3H3. The Bertz CT molecular complexity index is 844. The Morgan fingerprint density at radius 2 is 2.08 bits per heavy atom. The van der Waals surface area contributed by atoms with Gasteiger partial charge in [-0.05, 0) is 19.1 Å². The second-order valence-electron chi connectivity index (χ2n) is 5.81. The molecular weight excluding hydrogens is 336 g/mol. The third kappa shape index (κ3) is 4.08. The number of aromatic nitrogens is 5. The minimum Gasteiger partial charge on any atom is -0.340 e. The quantitative estimate of drug-likeness (QED) is 0.633. The molecular formula is C17H20N6OS. The molecule has 1 atom stereocenters. The molecule has 8 heteroatoms. The second kappa shape index (κ2) is 7.52. The molecule has 3 aromatic rings. The third-order valence-electron chi connectivity index (χ3n) is 3.75. The molecule has 0 spiro atoms. The number of benzene rings is 1. The third-order valence-corrected chi connectivity index (χ3v) is 4.89. The van der Waals surface area contributed by atoms with Crippen LogP contribution in [-0.4, -0.2) is 47.6 Å². The lowest BCUT2D eigenvalue weighted by atomic mass is 10.3. The van der Waals surface area contributed by atoms with E-state index in [2.05, 4.69) is 15.3 Å². The van der Waals surface area contributed by atoms with Crippen molar-refractivity contribution in [3.8, 4) is 5.69 Å². The Kier molecular flexibility index (Phi) is 5.18. The number of para-hydroxylation sites is 1. The van der Waals surface area contributed by atoms with Gasteiger partial charge in [0.25, 0.3) is 0 Å². The number of nitrogens with zero attached hydrogens (tertiary/aromatic N) is 6. The molecule has 0 aliphatic carbocycles. The van der Waals surface area contributed by atoms with E-state index < -0.39 is 0 Å². The van der Waals surface area contributed by atoms with Gasteiger partial charge < -0.3 is 9.47 Å². The second-order valence-corrected chi connectivity index (χ2v) is 7.12. The van der Waals surface area contributed by atoms with Gasteiger partial charge in [0.1, 0.15) is 6.33 Å². The molecule has 2 heterocycles. The van der Waals surface area contributed by atoms with Crippen molar-refractivity contribution in [2.75, 3.05) is 7.05 Å². The molecule has 0 fully saturated rings. The molecule has 0 radical (unpaired) electrons. The predicted octanol–water partition coefficient (Wildman–Crippen LogP) is 2.14. The van der Waals surface area contributed by atoms with Crippen molar-refractivity contribution in [3.63, 3.8) is 0 Å². The Balaban J connectivity index is 1.62. The molecule has 2 aromatic heterocycles. The lowest BCUT2D eigenvalue weighted by Crippen LogP contribution is -2.32. The molecule has 0 saturated heterocycles. The van der Waals surface area contributed by atoms with Crippen LogP contribution in [0.3, 0.4) is 0 Å². The summed E-state index contributed by atoms with van der Waals surface area (Å²) >= 11 is 1.40. The van der Waals surface area contributed by atoms with Gasteiger partial charge in [0, 0.05) is 32.4 Å². The summed E-state index contributed by atoms with van der Waals surface area (Å²) in [7, 11) is 3.66. The van der Waals surface area contributed by atoms with E-state index in [1.807, 2.05) is 55.2 Å². The molecule has 0 saturated carbocycles. The number of amides is 1. The van der Waals surface area contributed by atoms with Gasteiger partial charge in [-0.15, -0.1) is 10.2 Å². The van der Waals surface area contributed by atoms with E-state index in [1.54, 1.807) is 29.0 Å². The Morgan fingerprint density at radius 1 is 1.32 bits per heavy atom. The zero-order valence-electron chi connectivity index (χ0n) is 14.4. The Morgan fingerprint density at radius 3 is 2.76 bits per heavy atom. The van der Waals surface area contributed by atoms with Crippen molar-refractivity contribution in [1.29, 1.82) is 0 Å².